The summed E-state index contributed by atoms with van der Waals surface area (Å²) in [5, 5.41) is 1.52. The first-order valence-corrected chi connectivity index (χ1v) is 11.6. The lowest BCUT2D eigenvalue weighted by atomic mass is 9.95. The van der Waals surface area contributed by atoms with Crippen LogP contribution in [0, 0.1) is 20.6 Å². The van der Waals surface area contributed by atoms with Gasteiger partial charge in [-0.05, 0) is 72.7 Å². The number of hydrogen-bond donors (Lipinski definition) is 0. The molecule has 2 nitrogen and oxygen atoms in total. The molecule has 0 aliphatic rings. The second-order valence-electron chi connectivity index (χ2n) is 9.00. The summed E-state index contributed by atoms with van der Waals surface area (Å²) in [7, 11) is 1.82. The molecule has 2 heterocycles. The number of hydrogen-bond acceptors (Lipinski definition) is 1. The molecule has 0 saturated heterocycles. The monoisotopic (exact) mass is 460 g/mol. The van der Waals surface area contributed by atoms with Crippen molar-refractivity contribution in [2.45, 2.75) is 20.6 Å². The predicted octanol–water partition coefficient (Wildman–Crippen LogP) is 8.34. The third-order valence-corrected chi connectivity index (χ3v) is 6.62. The Bertz CT molecular complexity index is 1930. The fraction of sp³-hybridized carbons (Fsp3) is 0.121. The maximum atomic E-state index is 8.21. The van der Waals surface area contributed by atoms with Gasteiger partial charge in [-0.25, -0.2) is 4.57 Å². The molecule has 0 aliphatic carbocycles. The summed E-state index contributed by atoms with van der Waals surface area (Å²) in [5.41, 5.74) is 7.94. The summed E-state index contributed by atoms with van der Waals surface area (Å²) < 4.78 is 56.5. The van der Waals surface area contributed by atoms with E-state index in [1.54, 1.807) is 35.0 Å². The second kappa shape index (κ2) is 8.25. The van der Waals surface area contributed by atoms with Crippen LogP contribution in [-0.2, 0) is 7.05 Å². The van der Waals surface area contributed by atoms with E-state index in [9.17, 15) is 0 Å². The molecule has 0 amide bonds. The van der Waals surface area contributed by atoms with Crippen molar-refractivity contribution >= 4 is 21.9 Å². The lowest BCUT2D eigenvalue weighted by molar-refractivity contribution is -0.660. The molecule has 6 rings (SSSR count). The van der Waals surface area contributed by atoms with Crippen molar-refractivity contribution in [3.05, 3.63) is 114 Å². The number of aryl methyl sites for hydroxylation is 4. The highest BCUT2D eigenvalue weighted by Gasteiger charge is 2.22. The summed E-state index contributed by atoms with van der Waals surface area (Å²) >= 11 is 0. The van der Waals surface area contributed by atoms with Crippen LogP contribution in [0.1, 0.15) is 24.9 Å². The molecule has 0 atom stereocenters. The zero-order chi connectivity index (χ0) is 29.1. The van der Waals surface area contributed by atoms with E-state index in [-0.39, 0.29) is 11.1 Å². The van der Waals surface area contributed by atoms with E-state index in [4.69, 9.17) is 12.6 Å². The van der Waals surface area contributed by atoms with Crippen LogP contribution >= 0.6 is 0 Å². The standard InChI is InChI=1S/C33H28NO/c1-21-13-16-30(34(4)20-21)31-23(3)14-15-27-29-18-22(2)17-28(32(29)35-33(27)31)26-12-8-11-25(19-26)24-9-6-5-7-10-24/h5-20H,1-4H3/q+1/i1D3,2D3. The number of pyridine rings is 1. The van der Waals surface area contributed by atoms with E-state index in [2.05, 4.69) is 6.07 Å². The third-order valence-electron chi connectivity index (χ3n) is 6.62. The van der Waals surface area contributed by atoms with Crippen LogP contribution in [0.4, 0.5) is 0 Å². The normalized spacial score (nSPS) is 14.7. The fourth-order valence-corrected chi connectivity index (χ4v) is 4.94. The molecule has 0 fully saturated rings. The molecular weight excluding hydrogens is 426 g/mol. The van der Waals surface area contributed by atoms with Gasteiger partial charge >= 0.3 is 0 Å². The van der Waals surface area contributed by atoms with E-state index < -0.39 is 13.7 Å². The summed E-state index contributed by atoms with van der Waals surface area (Å²) in [4.78, 5) is 0. The molecule has 35 heavy (non-hydrogen) atoms. The summed E-state index contributed by atoms with van der Waals surface area (Å²) in [6.07, 6.45) is 1.62. The molecule has 2 heteroatoms. The summed E-state index contributed by atoms with van der Waals surface area (Å²) in [6, 6.07) is 28.9. The van der Waals surface area contributed by atoms with E-state index >= 15 is 0 Å². The van der Waals surface area contributed by atoms with E-state index in [0.717, 1.165) is 44.3 Å². The van der Waals surface area contributed by atoms with Crippen molar-refractivity contribution in [2.75, 3.05) is 0 Å². The van der Waals surface area contributed by atoms with Crippen LogP contribution in [-0.4, -0.2) is 0 Å². The van der Waals surface area contributed by atoms with Gasteiger partial charge in [0.05, 0.1) is 5.56 Å². The largest absolute Gasteiger partial charge is 0.454 e. The van der Waals surface area contributed by atoms with Crippen LogP contribution in [0.25, 0.3) is 55.4 Å². The van der Waals surface area contributed by atoms with Crippen molar-refractivity contribution in [3.63, 3.8) is 0 Å². The van der Waals surface area contributed by atoms with Crippen molar-refractivity contribution in [3.8, 4) is 33.5 Å². The first-order valence-electron chi connectivity index (χ1n) is 14.6. The Labute approximate surface area is 214 Å². The zero-order valence-electron chi connectivity index (χ0n) is 25.6. The number of benzene rings is 4. The molecule has 0 N–H and O–H groups in total. The van der Waals surface area contributed by atoms with Crippen molar-refractivity contribution < 1.29 is 17.2 Å². The van der Waals surface area contributed by atoms with Crippen LogP contribution in [0.15, 0.2) is 102 Å². The van der Waals surface area contributed by atoms with Gasteiger partial charge < -0.3 is 4.42 Å². The molecule has 0 bridgehead atoms. The quantitative estimate of drug-likeness (QED) is 0.243. The average molecular weight is 461 g/mol. The molecule has 2 aromatic heterocycles. The smallest absolute Gasteiger partial charge is 0.216 e. The summed E-state index contributed by atoms with van der Waals surface area (Å²) in [6.45, 7) is -2.54. The molecule has 0 spiro atoms. The fourth-order valence-electron chi connectivity index (χ4n) is 4.94. The minimum atomic E-state index is -2.31. The van der Waals surface area contributed by atoms with Crippen molar-refractivity contribution in [2.24, 2.45) is 7.05 Å². The van der Waals surface area contributed by atoms with Gasteiger partial charge in [0.15, 0.2) is 6.20 Å². The molecule has 0 saturated carbocycles. The minimum Gasteiger partial charge on any atom is -0.454 e. The predicted molar refractivity (Wildman–Crippen MR) is 145 cm³/mol. The molecule has 0 radical (unpaired) electrons. The molecule has 6 aromatic rings. The van der Waals surface area contributed by atoms with Gasteiger partial charge in [0, 0.05) is 36.2 Å². The Morgan fingerprint density at radius 2 is 1.49 bits per heavy atom. The Morgan fingerprint density at radius 1 is 0.686 bits per heavy atom. The van der Waals surface area contributed by atoms with Crippen LogP contribution < -0.4 is 4.57 Å². The van der Waals surface area contributed by atoms with E-state index in [1.165, 1.54) is 0 Å². The number of fused-ring (bicyclic) bond motifs is 3. The van der Waals surface area contributed by atoms with Crippen LogP contribution in [0.2, 0.25) is 0 Å². The third kappa shape index (κ3) is 3.63. The summed E-state index contributed by atoms with van der Waals surface area (Å²) in [5.74, 6) is 0. The van der Waals surface area contributed by atoms with Gasteiger partial charge in [0.25, 0.3) is 0 Å². The van der Waals surface area contributed by atoms with E-state index in [0.29, 0.717) is 16.7 Å². The SMILES string of the molecule is [2H]C([2H])([2H])c1cc(-c2cccc(-c3ccccc3)c2)c2oc3c(-c4ccc(C([2H])([2H])[2H])c[n+]4C)c(C)ccc3c2c1. The van der Waals surface area contributed by atoms with Gasteiger partial charge in [0.2, 0.25) is 5.69 Å². The average Bonchev–Trinajstić information content (AvgIpc) is 3.31. The highest BCUT2D eigenvalue weighted by molar-refractivity contribution is 6.13. The maximum Gasteiger partial charge on any atom is 0.216 e. The molecule has 0 unspecified atom stereocenters. The number of nitrogens with zero attached hydrogens (tertiary/aromatic N) is 1. The Morgan fingerprint density at radius 3 is 2.29 bits per heavy atom. The number of aromatic nitrogens is 1. The van der Waals surface area contributed by atoms with Crippen LogP contribution in [0.5, 0.6) is 0 Å². The van der Waals surface area contributed by atoms with Crippen LogP contribution in [0.3, 0.4) is 0 Å². The molecule has 170 valence electrons. The van der Waals surface area contributed by atoms with Gasteiger partial charge in [-0.3, -0.25) is 0 Å². The molecular formula is C33H28NO+. The topological polar surface area (TPSA) is 17.0 Å². The zero-order valence-corrected chi connectivity index (χ0v) is 19.6. The molecule has 0 aliphatic heterocycles. The van der Waals surface area contributed by atoms with Gasteiger partial charge in [-0.1, -0.05) is 60.7 Å². The van der Waals surface area contributed by atoms with Crippen molar-refractivity contribution in [1.29, 1.82) is 0 Å². The van der Waals surface area contributed by atoms with Gasteiger partial charge in [-0.2, -0.15) is 0 Å². The lowest BCUT2D eigenvalue weighted by Crippen LogP contribution is -2.31. The Hall–Kier alpha value is -4.17. The highest BCUT2D eigenvalue weighted by Crippen LogP contribution is 2.41. The molecule has 4 aromatic carbocycles. The maximum absolute atomic E-state index is 8.21. The Kier molecular flexibility index (Phi) is 3.69. The van der Waals surface area contributed by atoms with Gasteiger partial charge in [0.1, 0.15) is 18.2 Å². The highest BCUT2D eigenvalue weighted by atomic mass is 16.3. The second-order valence-corrected chi connectivity index (χ2v) is 9.00. The number of rotatable bonds is 3. The number of furan rings is 1. The Balaban J connectivity index is 1.64. The lowest BCUT2D eigenvalue weighted by Gasteiger charge is -2.08. The van der Waals surface area contributed by atoms with Crippen molar-refractivity contribution in [1.82, 2.24) is 0 Å². The first-order chi connectivity index (χ1) is 19.4. The van der Waals surface area contributed by atoms with Gasteiger partial charge in [-0.15, -0.1) is 0 Å². The minimum absolute atomic E-state index is 0.238. The van der Waals surface area contributed by atoms with E-state index in [1.807, 2.05) is 74.6 Å². The first kappa shape index (κ1) is 15.7.